The van der Waals surface area contributed by atoms with Crippen molar-refractivity contribution in [2.45, 2.75) is 13.0 Å². The lowest BCUT2D eigenvalue weighted by Crippen LogP contribution is -2.15. The van der Waals surface area contributed by atoms with Crippen molar-refractivity contribution >= 4 is 11.6 Å². The van der Waals surface area contributed by atoms with Crippen molar-refractivity contribution in [1.29, 1.82) is 0 Å². The van der Waals surface area contributed by atoms with Gasteiger partial charge in [-0.25, -0.2) is 0 Å². The number of nitrogens with zero attached hydrogens (tertiary/aromatic N) is 1. The quantitative estimate of drug-likeness (QED) is 0.549. The maximum Gasteiger partial charge on any atom is 0.310 e. The second-order valence-corrected chi connectivity index (χ2v) is 3.28. The molecule has 7 nitrogen and oxygen atoms in total. The second-order valence-electron chi connectivity index (χ2n) is 3.28. The predicted octanol–water partition coefficient (Wildman–Crippen LogP) is 0.341. The lowest BCUT2D eigenvalue weighted by Gasteiger charge is -2.06. The third kappa shape index (κ3) is 3.72. The summed E-state index contributed by atoms with van der Waals surface area (Å²) < 4.78 is 5.10. The molecule has 0 unspecified atom stereocenters. The van der Waals surface area contributed by atoms with Gasteiger partial charge in [-0.2, -0.15) is 0 Å². The van der Waals surface area contributed by atoms with E-state index in [1.165, 1.54) is 18.2 Å². The lowest BCUT2D eigenvalue weighted by molar-refractivity contribution is -0.385. The molecule has 1 aromatic rings. The molecule has 0 aliphatic rings. The Hall–Kier alpha value is -2.15. The van der Waals surface area contributed by atoms with Gasteiger partial charge < -0.3 is 15.6 Å². The van der Waals surface area contributed by atoms with Gasteiger partial charge in [0.15, 0.2) is 5.75 Å². The summed E-state index contributed by atoms with van der Waals surface area (Å²) in [6.45, 7) is -0.283. The van der Waals surface area contributed by atoms with E-state index >= 15 is 0 Å². The lowest BCUT2D eigenvalue weighted by atomic mass is 10.2. The Balaban J connectivity index is 2.85. The van der Waals surface area contributed by atoms with Gasteiger partial charge in [0.2, 0.25) is 5.91 Å². The fraction of sp³-hybridized carbons (Fsp3) is 0.300. The van der Waals surface area contributed by atoms with E-state index in [0.29, 0.717) is 5.56 Å². The third-order valence-corrected chi connectivity index (χ3v) is 2.01. The van der Waals surface area contributed by atoms with Crippen molar-refractivity contribution in [2.24, 2.45) is 5.73 Å². The van der Waals surface area contributed by atoms with E-state index in [1.54, 1.807) is 0 Å². The van der Waals surface area contributed by atoms with E-state index in [9.17, 15) is 14.9 Å². The number of carbonyl (C=O) groups excluding carboxylic acids is 1. The summed E-state index contributed by atoms with van der Waals surface area (Å²) in [7, 11) is 0. The molecule has 3 N–H and O–H groups in total. The Kier molecular flexibility index (Phi) is 4.41. The van der Waals surface area contributed by atoms with Gasteiger partial charge in [-0.3, -0.25) is 14.9 Å². The summed E-state index contributed by atoms with van der Waals surface area (Å²) in [5.74, 6) is -0.534. The maximum atomic E-state index is 10.7. The highest BCUT2D eigenvalue weighted by Gasteiger charge is 2.15. The van der Waals surface area contributed by atoms with Crippen molar-refractivity contribution in [2.75, 3.05) is 6.61 Å². The number of hydrogen-bond acceptors (Lipinski definition) is 5. The number of nitro benzene ring substituents is 1. The topological polar surface area (TPSA) is 116 Å². The molecule has 0 spiro atoms. The minimum absolute atomic E-state index is 0.0165. The van der Waals surface area contributed by atoms with Gasteiger partial charge >= 0.3 is 5.69 Å². The van der Waals surface area contributed by atoms with Gasteiger partial charge in [-0.15, -0.1) is 0 Å². The standard InChI is InChI=1S/C10H12N2O5/c11-10(14)3-4-17-9-5-7(6-13)1-2-8(9)12(15)16/h1-2,5,13H,3-4,6H2,(H2,11,14). The SMILES string of the molecule is NC(=O)CCOc1cc(CO)ccc1[N+](=O)[O-]. The number of benzene rings is 1. The molecule has 0 radical (unpaired) electrons. The summed E-state index contributed by atoms with van der Waals surface area (Å²) in [6.07, 6.45) is -0.0273. The summed E-state index contributed by atoms with van der Waals surface area (Å²) in [4.78, 5) is 20.6. The molecule has 0 heterocycles. The van der Waals surface area contributed by atoms with Crippen molar-refractivity contribution in [3.05, 3.63) is 33.9 Å². The van der Waals surface area contributed by atoms with Crippen molar-refractivity contribution < 1.29 is 19.6 Å². The van der Waals surface area contributed by atoms with Crippen molar-refractivity contribution in [3.63, 3.8) is 0 Å². The van der Waals surface area contributed by atoms with Crippen LogP contribution >= 0.6 is 0 Å². The molecule has 0 aliphatic heterocycles. The zero-order valence-corrected chi connectivity index (χ0v) is 8.96. The molecule has 0 saturated carbocycles. The zero-order chi connectivity index (χ0) is 12.8. The Bertz CT molecular complexity index is 433. The highest BCUT2D eigenvalue weighted by atomic mass is 16.6. The number of carbonyl (C=O) groups is 1. The Labute approximate surface area is 97.0 Å². The Morgan fingerprint density at radius 3 is 2.76 bits per heavy atom. The maximum absolute atomic E-state index is 10.7. The van der Waals surface area contributed by atoms with Gasteiger partial charge in [0.05, 0.1) is 24.6 Å². The minimum atomic E-state index is -0.596. The van der Waals surface area contributed by atoms with Gasteiger partial charge in [-0.05, 0) is 17.7 Å². The van der Waals surface area contributed by atoms with Crippen LogP contribution in [0.3, 0.4) is 0 Å². The zero-order valence-electron chi connectivity index (χ0n) is 8.96. The summed E-state index contributed by atoms with van der Waals surface area (Å²) >= 11 is 0. The van der Waals surface area contributed by atoms with E-state index in [-0.39, 0.29) is 31.1 Å². The van der Waals surface area contributed by atoms with Crippen LogP contribution in [0.25, 0.3) is 0 Å². The molecule has 92 valence electrons. The van der Waals surface area contributed by atoms with Crippen LogP contribution in [0.5, 0.6) is 5.75 Å². The first kappa shape index (κ1) is 12.9. The predicted molar refractivity (Wildman–Crippen MR) is 58.3 cm³/mol. The number of nitro groups is 1. The third-order valence-electron chi connectivity index (χ3n) is 2.01. The van der Waals surface area contributed by atoms with Crippen LogP contribution in [0.2, 0.25) is 0 Å². The average molecular weight is 240 g/mol. The number of ether oxygens (including phenoxy) is 1. The molecule has 17 heavy (non-hydrogen) atoms. The smallest absolute Gasteiger partial charge is 0.310 e. The fourth-order valence-corrected chi connectivity index (χ4v) is 1.18. The van der Waals surface area contributed by atoms with Crippen molar-refractivity contribution in [1.82, 2.24) is 0 Å². The van der Waals surface area contributed by atoms with E-state index in [4.69, 9.17) is 15.6 Å². The fourth-order valence-electron chi connectivity index (χ4n) is 1.18. The monoisotopic (exact) mass is 240 g/mol. The normalized spacial score (nSPS) is 9.94. The van der Waals surface area contributed by atoms with Crippen molar-refractivity contribution in [3.8, 4) is 5.75 Å². The highest BCUT2D eigenvalue weighted by molar-refractivity contribution is 5.73. The molecular formula is C10H12N2O5. The molecule has 0 aliphatic carbocycles. The van der Waals surface area contributed by atoms with Crippen LogP contribution in [-0.4, -0.2) is 22.5 Å². The summed E-state index contributed by atoms with van der Waals surface area (Å²) in [6, 6.07) is 4.03. The van der Waals surface area contributed by atoms with E-state index in [1.807, 2.05) is 0 Å². The van der Waals surface area contributed by atoms with Gasteiger partial charge in [-0.1, -0.05) is 0 Å². The number of primary amides is 1. The van der Waals surface area contributed by atoms with Crippen LogP contribution < -0.4 is 10.5 Å². The largest absolute Gasteiger partial charge is 0.486 e. The summed E-state index contributed by atoms with van der Waals surface area (Å²) in [5.41, 5.74) is 5.19. The van der Waals surface area contributed by atoms with Gasteiger partial charge in [0.1, 0.15) is 0 Å². The molecule has 1 amide bonds. The van der Waals surface area contributed by atoms with Crippen LogP contribution in [0, 0.1) is 10.1 Å². The first-order valence-electron chi connectivity index (χ1n) is 4.84. The van der Waals surface area contributed by atoms with Gasteiger partial charge in [0, 0.05) is 6.07 Å². The first-order valence-corrected chi connectivity index (χ1v) is 4.84. The number of rotatable bonds is 6. The molecule has 0 aromatic heterocycles. The molecule has 0 atom stereocenters. The Morgan fingerprint density at radius 2 is 2.24 bits per heavy atom. The van der Waals surface area contributed by atoms with Crippen LogP contribution in [0.15, 0.2) is 18.2 Å². The Morgan fingerprint density at radius 1 is 1.53 bits per heavy atom. The van der Waals surface area contributed by atoms with E-state index < -0.39 is 10.8 Å². The van der Waals surface area contributed by atoms with Crippen LogP contribution in [-0.2, 0) is 11.4 Å². The molecule has 0 saturated heterocycles. The molecule has 0 fully saturated rings. The highest BCUT2D eigenvalue weighted by Crippen LogP contribution is 2.28. The number of hydrogen-bond donors (Lipinski definition) is 2. The molecular weight excluding hydrogens is 228 g/mol. The molecule has 1 rings (SSSR count). The second kappa shape index (κ2) is 5.80. The summed E-state index contributed by atoms with van der Waals surface area (Å²) in [5, 5.41) is 19.6. The van der Waals surface area contributed by atoms with Gasteiger partial charge in [0.25, 0.3) is 0 Å². The first-order chi connectivity index (χ1) is 8.04. The van der Waals surface area contributed by atoms with Crippen LogP contribution in [0.1, 0.15) is 12.0 Å². The minimum Gasteiger partial charge on any atom is -0.486 e. The number of aliphatic hydroxyl groups is 1. The molecule has 0 bridgehead atoms. The number of nitrogens with two attached hydrogens (primary N) is 1. The van der Waals surface area contributed by atoms with Crippen LogP contribution in [0.4, 0.5) is 5.69 Å². The molecule has 1 aromatic carbocycles. The average Bonchev–Trinajstić information content (AvgIpc) is 2.28. The van der Waals surface area contributed by atoms with E-state index in [2.05, 4.69) is 0 Å². The number of amides is 1. The molecule has 7 heteroatoms. The number of aliphatic hydroxyl groups excluding tert-OH is 1. The van der Waals surface area contributed by atoms with E-state index in [0.717, 1.165) is 0 Å².